The van der Waals surface area contributed by atoms with Gasteiger partial charge in [-0.05, 0) is 0 Å². The Balaban J connectivity index is 1.97. The van der Waals surface area contributed by atoms with Crippen molar-refractivity contribution >= 4 is 5.91 Å². The maximum Gasteiger partial charge on any atom is 0.240 e. The highest BCUT2D eigenvalue weighted by Crippen LogP contribution is 2.18. The van der Waals surface area contributed by atoms with E-state index in [0.29, 0.717) is 25.4 Å². The minimum atomic E-state index is -0.0991. The topological polar surface area (TPSA) is 71.3 Å². The van der Waals surface area contributed by atoms with E-state index >= 15 is 0 Å². The van der Waals surface area contributed by atoms with E-state index in [1.54, 1.807) is 0 Å². The van der Waals surface area contributed by atoms with Gasteiger partial charge in [-0.3, -0.25) is 9.69 Å². The number of hydrogen-bond acceptors (Lipinski definition) is 5. The molecule has 2 rings (SSSR count). The van der Waals surface area contributed by atoms with Gasteiger partial charge in [0.2, 0.25) is 11.8 Å². The van der Waals surface area contributed by atoms with Gasteiger partial charge in [-0.25, -0.2) is 0 Å². The molecule has 6 nitrogen and oxygen atoms in total. The van der Waals surface area contributed by atoms with Crippen LogP contribution in [0.5, 0.6) is 0 Å². The van der Waals surface area contributed by atoms with Crippen LogP contribution in [0.1, 0.15) is 38.9 Å². The Morgan fingerprint density at radius 2 is 2.17 bits per heavy atom. The summed E-state index contributed by atoms with van der Waals surface area (Å²) < 4.78 is 5.25. The SMILES string of the molecule is CC(C)(C)c1noc(CN2CCNC(=O)CC2)n1. The van der Waals surface area contributed by atoms with Crippen LogP contribution in [0.2, 0.25) is 0 Å². The number of hydrogen-bond donors (Lipinski definition) is 1. The Bertz CT molecular complexity index is 422. The molecule has 0 radical (unpaired) electrons. The standard InChI is InChI=1S/C12H20N4O2/c1-12(2,3)11-14-10(18-15-11)8-16-6-4-9(17)13-5-7-16/h4-8H2,1-3H3,(H,13,17). The van der Waals surface area contributed by atoms with E-state index in [1.807, 2.05) is 0 Å². The number of amides is 1. The fourth-order valence-corrected chi connectivity index (χ4v) is 1.79. The molecule has 0 saturated carbocycles. The predicted molar refractivity (Wildman–Crippen MR) is 65.9 cm³/mol. The molecule has 0 bridgehead atoms. The van der Waals surface area contributed by atoms with Gasteiger partial charge in [0.25, 0.3) is 0 Å². The third-order valence-corrected chi connectivity index (χ3v) is 2.90. The lowest BCUT2D eigenvalue weighted by Crippen LogP contribution is -2.28. The highest BCUT2D eigenvalue weighted by atomic mass is 16.5. The second kappa shape index (κ2) is 5.06. The molecule has 0 aliphatic carbocycles. The van der Waals surface area contributed by atoms with E-state index < -0.39 is 0 Å². The van der Waals surface area contributed by atoms with Crippen LogP contribution in [-0.2, 0) is 16.8 Å². The summed E-state index contributed by atoms with van der Waals surface area (Å²) in [7, 11) is 0. The van der Waals surface area contributed by atoms with Crippen LogP contribution in [0, 0.1) is 0 Å². The Morgan fingerprint density at radius 3 is 2.83 bits per heavy atom. The van der Waals surface area contributed by atoms with Crippen LogP contribution < -0.4 is 5.32 Å². The molecular formula is C12H20N4O2. The van der Waals surface area contributed by atoms with Crippen LogP contribution in [-0.4, -0.2) is 40.6 Å². The molecule has 18 heavy (non-hydrogen) atoms. The molecule has 1 aromatic heterocycles. The smallest absolute Gasteiger partial charge is 0.240 e. The Labute approximate surface area is 107 Å². The summed E-state index contributed by atoms with van der Waals surface area (Å²) in [5, 5.41) is 6.84. The quantitative estimate of drug-likeness (QED) is 0.838. The van der Waals surface area contributed by atoms with Crippen molar-refractivity contribution in [3.05, 3.63) is 11.7 Å². The van der Waals surface area contributed by atoms with E-state index in [9.17, 15) is 4.79 Å². The molecule has 1 aliphatic heterocycles. The molecule has 1 saturated heterocycles. The summed E-state index contributed by atoms with van der Waals surface area (Å²) in [4.78, 5) is 17.8. The Morgan fingerprint density at radius 1 is 1.39 bits per heavy atom. The van der Waals surface area contributed by atoms with Crippen LogP contribution in [0.15, 0.2) is 4.52 Å². The number of rotatable bonds is 2. The zero-order valence-corrected chi connectivity index (χ0v) is 11.2. The molecule has 2 heterocycles. The monoisotopic (exact) mass is 252 g/mol. The van der Waals surface area contributed by atoms with Gasteiger partial charge in [0, 0.05) is 31.5 Å². The zero-order valence-electron chi connectivity index (χ0n) is 11.2. The van der Waals surface area contributed by atoms with E-state index in [1.165, 1.54) is 0 Å². The molecule has 0 aromatic carbocycles. The molecule has 1 N–H and O–H groups in total. The summed E-state index contributed by atoms with van der Waals surface area (Å²) >= 11 is 0. The normalized spacial score (nSPS) is 18.5. The lowest BCUT2D eigenvalue weighted by atomic mass is 9.96. The molecule has 1 aromatic rings. The number of carbonyl (C=O) groups is 1. The van der Waals surface area contributed by atoms with Crippen molar-refractivity contribution in [3.63, 3.8) is 0 Å². The molecule has 1 aliphatic rings. The van der Waals surface area contributed by atoms with Gasteiger partial charge in [-0.15, -0.1) is 0 Å². The van der Waals surface area contributed by atoms with Crippen molar-refractivity contribution in [1.29, 1.82) is 0 Å². The van der Waals surface area contributed by atoms with Gasteiger partial charge in [-0.1, -0.05) is 25.9 Å². The summed E-state index contributed by atoms with van der Waals surface area (Å²) in [6.45, 7) is 9.00. The molecular weight excluding hydrogens is 232 g/mol. The average Bonchev–Trinajstić information content (AvgIpc) is 2.65. The van der Waals surface area contributed by atoms with Crippen LogP contribution >= 0.6 is 0 Å². The van der Waals surface area contributed by atoms with Crippen LogP contribution in [0.3, 0.4) is 0 Å². The van der Waals surface area contributed by atoms with Gasteiger partial charge >= 0.3 is 0 Å². The van der Waals surface area contributed by atoms with E-state index in [0.717, 1.165) is 18.9 Å². The summed E-state index contributed by atoms with van der Waals surface area (Å²) in [5.74, 6) is 1.45. The number of nitrogens with zero attached hydrogens (tertiary/aromatic N) is 3. The van der Waals surface area contributed by atoms with Gasteiger partial charge in [0.05, 0.1) is 6.54 Å². The first kappa shape index (κ1) is 13.0. The van der Waals surface area contributed by atoms with Gasteiger partial charge in [0.1, 0.15) is 0 Å². The van der Waals surface area contributed by atoms with Gasteiger partial charge < -0.3 is 9.84 Å². The van der Waals surface area contributed by atoms with Crippen molar-refractivity contribution in [2.75, 3.05) is 19.6 Å². The highest BCUT2D eigenvalue weighted by Gasteiger charge is 2.22. The zero-order chi connectivity index (χ0) is 13.2. The van der Waals surface area contributed by atoms with Gasteiger partial charge in [0.15, 0.2) is 5.82 Å². The van der Waals surface area contributed by atoms with Crippen molar-refractivity contribution < 1.29 is 9.32 Å². The lowest BCUT2D eigenvalue weighted by Gasteiger charge is -2.16. The highest BCUT2D eigenvalue weighted by molar-refractivity contribution is 5.76. The lowest BCUT2D eigenvalue weighted by molar-refractivity contribution is -0.120. The molecule has 100 valence electrons. The van der Waals surface area contributed by atoms with E-state index in [2.05, 4.69) is 41.1 Å². The van der Waals surface area contributed by atoms with E-state index in [-0.39, 0.29) is 11.3 Å². The fraction of sp³-hybridized carbons (Fsp3) is 0.750. The van der Waals surface area contributed by atoms with Gasteiger partial charge in [-0.2, -0.15) is 4.98 Å². The molecule has 6 heteroatoms. The first-order chi connectivity index (χ1) is 8.45. The van der Waals surface area contributed by atoms with Crippen molar-refractivity contribution in [3.8, 4) is 0 Å². The molecule has 0 spiro atoms. The minimum Gasteiger partial charge on any atom is -0.355 e. The molecule has 1 amide bonds. The second-order valence-corrected chi connectivity index (χ2v) is 5.64. The largest absolute Gasteiger partial charge is 0.355 e. The van der Waals surface area contributed by atoms with Crippen LogP contribution in [0.25, 0.3) is 0 Å². The maximum atomic E-state index is 11.2. The second-order valence-electron chi connectivity index (χ2n) is 5.64. The third kappa shape index (κ3) is 3.29. The van der Waals surface area contributed by atoms with Crippen molar-refractivity contribution in [2.45, 2.75) is 39.2 Å². The van der Waals surface area contributed by atoms with Crippen LogP contribution in [0.4, 0.5) is 0 Å². The molecule has 0 atom stereocenters. The summed E-state index contributed by atoms with van der Waals surface area (Å²) in [5.41, 5.74) is -0.0991. The Kier molecular flexibility index (Phi) is 3.65. The number of carbonyl (C=O) groups excluding carboxylic acids is 1. The first-order valence-electron chi connectivity index (χ1n) is 6.27. The first-order valence-corrected chi connectivity index (χ1v) is 6.27. The molecule has 1 fully saturated rings. The number of aromatic nitrogens is 2. The third-order valence-electron chi connectivity index (χ3n) is 2.90. The Hall–Kier alpha value is -1.43. The predicted octanol–water partition coefficient (Wildman–Crippen LogP) is 0.689. The molecule has 0 unspecified atom stereocenters. The van der Waals surface area contributed by atoms with Crippen molar-refractivity contribution in [1.82, 2.24) is 20.4 Å². The van der Waals surface area contributed by atoms with E-state index in [4.69, 9.17) is 4.52 Å². The average molecular weight is 252 g/mol. The van der Waals surface area contributed by atoms with Crippen molar-refractivity contribution in [2.24, 2.45) is 0 Å². The summed E-state index contributed by atoms with van der Waals surface area (Å²) in [6.07, 6.45) is 0.528. The number of nitrogens with one attached hydrogen (secondary N) is 1. The minimum absolute atomic E-state index is 0.0991. The summed E-state index contributed by atoms with van der Waals surface area (Å²) in [6, 6.07) is 0. The maximum absolute atomic E-state index is 11.2. The fourth-order valence-electron chi connectivity index (χ4n) is 1.79.